The van der Waals surface area contributed by atoms with Crippen molar-refractivity contribution in [2.45, 2.75) is 6.42 Å². The Morgan fingerprint density at radius 3 is 2.10 bits per heavy atom. The molecule has 0 aliphatic heterocycles. The third-order valence-corrected chi connectivity index (χ3v) is 5.49. The average Bonchev–Trinajstić information content (AvgIpc) is 2.75. The summed E-state index contributed by atoms with van der Waals surface area (Å²) >= 11 is 0. The first-order chi connectivity index (χ1) is 14.3. The van der Waals surface area contributed by atoms with Gasteiger partial charge in [0.2, 0.25) is 0 Å². The number of fused-ring (bicyclic) bond motifs is 1. The number of hydrogen-bond acceptors (Lipinski definition) is 4. The smallest absolute Gasteiger partial charge is 0.306 e. The molecule has 4 rings (SSSR count). The monoisotopic (exact) mass is 419 g/mol. The van der Waals surface area contributed by atoms with Gasteiger partial charge in [-0.2, -0.15) is 8.42 Å². The van der Waals surface area contributed by atoms with Crippen LogP contribution in [0.1, 0.15) is 11.1 Å². The molecule has 3 aromatic carbocycles. The second-order valence-corrected chi connectivity index (χ2v) is 8.79. The zero-order valence-corrected chi connectivity index (χ0v) is 17.5. The minimum absolute atomic E-state index is 0.100. The highest BCUT2D eigenvalue weighted by molar-refractivity contribution is 7.86. The van der Waals surface area contributed by atoms with Gasteiger partial charge in [0.05, 0.1) is 17.3 Å². The summed E-state index contributed by atoms with van der Waals surface area (Å²) in [6.45, 7) is 0. The molecule has 0 atom stereocenters. The summed E-state index contributed by atoms with van der Waals surface area (Å²) in [5.74, 6) is 0.100. The molecule has 1 heterocycles. The zero-order valence-electron chi connectivity index (χ0n) is 16.7. The molecule has 0 saturated heterocycles. The van der Waals surface area contributed by atoms with Gasteiger partial charge in [-0.3, -0.25) is 4.79 Å². The summed E-state index contributed by atoms with van der Waals surface area (Å²) < 4.78 is 30.7. The van der Waals surface area contributed by atoms with Gasteiger partial charge in [0.1, 0.15) is 0 Å². The number of nitrogens with zero attached hydrogens (tertiary/aromatic N) is 1. The molecule has 0 radical (unpaired) electrons. The van der Waals surface area contributed by atoms with Gasteiger partial charge in [-0.25, -0.2) is 0 Å². The molecule has 0 spiro atoms. The molecule has 0 aliphatic carbocycles. The van der Waals surface area contributed by atoms with E-state index in [1.165, 1.54) is 4.57 Å². The van der Waals surface area contributed by atoms with Crippen molar-refractivity contribution in [1.29, 1.82) is 0 Å². The van der Waals surface area contributed by atoms with Crippen LogP contribution >= 0.6 is 0 Å². The molecule has 0 N–H and O–H groups in total. The second kappa shape index (κ2) is 7.80. The van der Waals surface area contributed by atoms with Crippen LogP contribution < -0.4 is 9.74 Å². The molecule has 5 nitrogen and oxygen atoms in total. The summed E-state index contributed by atoms with van der Waals surface area (Å²) in [5.41, 5.74) is 3.71. The van der Waals surface area contributed by atoms with Gasteiger partial charge >= 0.3 is 10.1 Å². The van der Waals surface area contributed by atoms with E-state index in [0.717, 1.165) is 22.9 Å². The van der Waals surface area contributed by atoms with E-state index in [1.807, 2.05) is 54.6 Å². The van der Waals surface area contributed by atoms with Crippen LogP contribution in [0.2, 0.25) is 0 Å². The standard InChI is InChI=1S/C24H21NO4S/c1-25-22-11-7-6-10-20(22)23(29-30(2,27)28)21(24(25)26)16-17-12-14-19(15-13-17)18-8-4-3-5-9-18/h3-15H,16H2,1-2H3. The topological polar surface area (TPSA) is 65.4 Å². The lowest BCUT2D eigenvalue weighted by molar-refractivity contribution is 0.491. The number of pyridine rings is 1. The Kier molecular flexibility index (Phi) is 5.18. The van der Waals surface area contributed by atoms with Gasteiger partial charge in [-0.05, 0) is 28.8 Å². The fourth-order valence-corrected chi connectivity index (χ4v) is 4.07. The minimum Gasteiger partial charge on any atom is -0.381 e. The van der Waals surface area contributed by atoms with Crippen LogP contribution in [0.15, 0.2) is 83.7 Å². The van der Waals surface area contributed by atoms with Crippen molar-refractivity contribution in [1.82, 2.24) is 4.57 Å². The number of rotatable bonds is 5. The Labute approximate surface area is 175 Å². The number of hydrogen-bond donors (Lipinski definition) is 0. The summed E-state index contributed by atoms with van der Waals surface area (Å²) in [6, 6.07) is 25.0. The molecular weight excluding hydrogens is 398 g/mol. The Morgan fingerprint density at radius 1 is 0.833 bits per heavy atom. The van der Waals surface area contributed by atoms with E-state index in [2.05, 4.69) is 0 Å². The van der Waals surface area contributed by atoms with Crippen molar-refractivity contribution in [2.24, 2.45) is 7.05 Å². The SMILES string of the molecule is Cn1c(=O)c(Cc2ccc(-c3ccccc3)cc2)c(OS(C)(=O)=O)c2ccccc21. The van der Waals surface area contributed by atoms with Crippen molar-refractivity contribution in [3.8, 4) is 16.9 Å². The molecule has 0 unspecified atom stereocenters. The fourth-order valence-electron chi connectivity index (χ4n) is 3.58. The predicted octanol–water partition coefficient (Wildman–Crippen LogP) is 4.13. The van der Waals surface area contributed by atoms with E-state index in [-0.39, 0.29) is 17.7 Å². The third-order valence-electron chi connectivity index (χ3n) is 5.02. The predicted molar refractivity (Wildman–Crippen MR) is 119 cm³/mol. The van der Waals surface area contributed by atoms with Crippen LogP contribution in [-0.4, -0.2) is 19.2 Å². The van der Waals surface area contributed by atoms with Gasteiger partial charge < -0.3 is 8.75 Å². The molecule has 0 aliphatic rings. The van der Waals surface area contributed by atoms with Gasteiger partial charge in [0.15, 0.2) is 5.75 Å². The normalized spacial score (nSPS) is 11.5. The summed E-state index contributed by atoms with van der Waals surface area (Å²) in [6.07, 6.45) is 1.25. The second-order valence-electron chi connectivity index (χ2n) is 7.22. The molecule has 6 heteroatoms. The molecule has 0 bridgehead atoms. The highest BCUT2D eigenvalue weighted by Crippen LogP contribution is 2.30. The van der Waals surface area contributed by atoms with Crippen LogP contribution in [-0.2, 0) is 23.6 Å². The summed E-state index contributed by atoms with van der Waals surface area (Å²) in [5, 5.41) is 0.584. The first-order valence-corrected chi connectivity index (χ1v) is 11.3. The van der Waals surface area contributed by atoms with Crippen molar-refractivity contribution in [3.05, 3.63) is 100 Å². The number of aryl methyl sites for hydroxylation is 1. The summed E-state index contributed by atoms with van der Waals surface area (Å²) in [7, 11) is -2.13. The molecule has 1 aromatic heterocycles. The maximum absolute atomic E-state index is 13.1. The average molecular weight is 420 g/mol. The Balaban J connectivity index is 1.81. The third kappa shape index (κ3) is 4.00. The fraction of sp³-hybridized carbons (Fsp3) is 0.125. The van der Waals surface area contributed by atoms with Crippen molar-refractivity contribution in [3.63, 3.8) is 0 Å². The lowest BCUT2D eigenvalue weighted by Gasteiger charge is -2.15. The summed E-state index contributed by atoms with van der Waals surface area (Å²) in [4.78, 5) is 13.1. The Hall–Kier alpha value is -3.38. The zero-order chi connectivity index (χ0) is 21.3. The van der Waals surface area contributed by atoms with Crippen molar-refractivity contribution in [2.75, 3.05) is 6.26 Å². The number of benzene rings is 3. The van der Waals surface area contributed by atoms with E-state index in [0.29, 0.717) is 16.5 Å². The maximum Gasteiger partial charge on any atom is 0.306 e. The number of para-hydroxylation sites is 1. The van der Waals surface area contributed by atoms with Gasteiger partial charge in [-0.1, -0.05) is 66.7 Å². The van der Waals surface area contributed by atoms with Gasteiger partial charge in [0, 0.05) is 18.9 Å². The first kappa shape index (κ1) is 19.9. The Morgan fingerprint density at radius 2 is 1.43 bits per heavy atom. The largest absolute Gasteiger partial charge is 0.381 e. The minimum atomic E-state index is -3.80. The lowest BCUT2D eigenvalue weighted by Crippen LogP contribution is -2.24. The van der Waals surface area contributed by atoms with E-state index in [9.17, 15) is 13.2 Å². The van der Waals surface area contributed by atoms with E-state index in [4.69, 9.17) is 4.18 Å². The maximum atomic E-state index is 13.1. The Bertz CT molecular complexity index is 1370. The molecule has 152 valence electrons. The van der Waals surface area contributed by atoms with Gasteiger partial charge in [0.25, 0.3) is 5.56 Å². The quantitative estimate of drug-likeness (QED) is 0.456. The van der Waals surface area contributed by atoms with Crippen molar-refractivity contribution < 1.29 is 12.6 Å². The van der Waals surface area contributed by atoms with E-state index >= 15 is 0 Å². The van der Waals surface area contributed by atoms with Crippen LogP contribution in [0.4, 0.5) is 0 Å². The molecule has 30 heavy (non-hydrogen) atoms. The molecule has 0 saturated carbocycles. The molecule has 4 aromatic rings. The highest BCUT2D eigenvalue weighted by Gasteiger charge is 2.20. The molecule has 0 amide bonds. The molecule has 0 fully saturated rings. The van der Waals surface area contributed by atoms with Crippen molar-refractivity contribution >= 4 is 21.0 Å². The van der Waals surface area contributed by atoms with E-state index in [1.54, 1.807) is 31.3 Å². The van der Waals surface area contributed by atoms with E-state index < -0.39 is 10.1 Å². The van der Waals surface area contributed by atoms with Crippen LogP contribution in [0, 0.1) is 0 Å². The first-order valence-electron chi connectivity index (χ1n) is 9.48. The van der Waals surface area contributed by atoms with Crippen LogP contribution in [0.5, 0.6) is 5.75 Å². The number of aromatic nitrogens is 1. The highest BCUT2D eigenvalue weighted by atomic mass is 32.2. The van der Waals surface area contributed by atoms with Gasteiger partial charge in [-0.15, -0.1) is 0 Å². The lowest BCUT2D eigenvalue weighted by atomic mass is 9.99. The van der Waals surface area contributed by atoms with Crippen LogP contribution in [0.3, 0.4) is 0 Å². The van der Waals surface area contributed by atoms with Crippen LogP contribution in [0.25, 0.3) is 22.0 Å². The molecular formula is C24H21NO4S.